The monoisotopic (exact) mass is 175 g/mol. The predicted octanol–water partition coefficient (Wildman–Crippen LogP) is -0.560. The van der Waals surface area contributed by atoms with Crippen LogP contribution in [0.5, 0.6) is 0 Å². The number of ether oxygens (including phenoxy) is 2. The Kier molecular flexibility index (Phi) is 5.03. The zero-order chi connectivity index (χ0) is 9.56. The maximum Gasteiger partial charge on any atom is 0.334 e. The van der Waals surface area contributed by atoms with E-state index < -0.39 is 18.0 Å². The summed E-state index contributed by atoms with van der Waals surface area (Å²) < 4.78 is 8.86. The van der Waals surface area contributed by atoms with Gasteiger partial charge in [0, 0.05) is 0 Å². The highest BCUT2D eigenvalue weighted by Gasteiger charge is 2.23. The van der Waals surface area contributed by atoms with E-state index in [2.05, 4.69) is 9.47 Å². The van der Waals surface area contributed by atoms with Gasteiger partial charge in [-0.2, -0.15) is 0 Å². The van der Waals surface area contributed by atoms with Crippen LogP contribution in [0.25, 0.3) is 0 Å². The zero-order valence-electron chi connectivity index (χ0n) is 7.20. The van der Waals surface area contributed by atoms with E-state index in [0.29, 0.717) is 6.42 Å². The zero-order valence-corrected chi connectivity index (χ0v) is 7.20. The average Bonchev–Trinajstić information content (AvgIpc) is 2.11. The van der Waals surface area contributed by atoms with Gasteiger partial charge in [0.15, 0.2) is 0 Å². The van der Waals surface area contributed by atoms with E-state index in [1.165, 1.54) is 0 Å². The second kappa shape index (κ2) is 5.54. The summed E-state index contributed by atoms with van der Waals surface area (Å²) in [6.45, 7) is 2.11. The Hall–Kier alpha value is -1.10. The molecule has 0 saturated carbocycles. The Balaban J connectivity index is 3.84. The van der Waals surface area contributed by atoms with Crippen LogP contribution in [0.3, 0.4) is 0 Å². The van der Waals surface area contributed by atoms with Crippen molar-refractivity contribution in [3.8, 4) is 0 Å². The Labute approximate surface area is 70.8 Å². The Bertz CT molecular complexity index is 169. The molecule has 0 spiro atoms. The topological polar surface area (TPSA) is 78.6 Å². The lowest BCUT2D eigenvalue weighted by Gasteiger charge is -2.07. The molecule has 1 unspecified atom stereocenters. The number of esters is 2. The van der Waals surface area contributed by atoms with E-state index in [0.717, 1.165) is 7.11 Å². The predicted molar refractivity (Wildman–Crippen MR) is 41.2 cm³/mol. The van der Waals surface area contributed by atoms with Crippen molar-refractivity contribution >= 4 is 11.9 Å². The van der Waals surface area contributed by atoms with Gasteiger partial charge in [-0.15, -0.1) is 0 Å². The maximum atomic E-state index is 10.9. The summed E-state index contributed by atoms with van der Waals surface area (Å²) >= 11 is 0. The number of carbonyl (C=O) groups excluding carboxylic acids is 2. The number of nitrogens with two attached hydrogens (primary N) is 1. The van der Waals surface area contributed by atoms with E-state index in [4.69, 9.17) is 5.73 Å². The fraction of sp³-hybridized carbons (Fsp3) is 0.714. The Morgan fingerprint density at radius 2 is 2.00 bits per heavy atom. The molecule has 12 heavy (non-hydrogen) atoms. The highest BCUT2D eigenvalue weighted by atomic mass is 16.5. The van der Waals surface area contributed by atoms with Crippen LogP contribution in [0, 0.1) is 0 Å². The molecular weight excluding hydrogens is 162 g/mol. The molecule has 0 rings (SSSR count). The smallest absolute Gasteiger partial charge is 0.334 e. The molecule has 0 radical (unpaired) electrons. The number of rotatable bonds is 4. The summed E-state index contributed by atoms with van der Waals surface area (Å²) in [5.41, 5.74) is 5.16. The second-order valence-corrected chi connectivity index (χ2v) is 2.17. The highest BCUT2D eigenvalue weighted by molar-refractivity contribution is 5.98. The minimum atomic E-state index is -1.32. The van der Waals surface area contributed by atoms with Crippen LogP contribution in [0.4, 0.5) is 0 Å². The first-order chi connectivity index (χ1) is 5.63. The molecule has 0 aliphatic rings. The molecule has 2 N–H and O–H groups in total. The molecule has 0 bridgehead atoms. The average molecular weight is 175 g/mol. The molecule has 0 aromatic heterocycles. The fourth-order valence-electron chi connectivity index (χ4n) is 0.516. The molecule has 0 amide bonds. The third-order valence-corrected chi connectivity index (χ3v) is 1.16. The van der Waals surface area contributed by atoms with E-state index in [1.807, 2.05) is 6.92 Å². The van der Waals surface area contributed by atoms with Gasteiger partial charge >= 0.3 is 11.9 Å². The summed E-state index contributed by atoms with van der Waals surface area (Å²) in [4.78, 5) is 21.5. The van der Waals surface area contributed by atoms with E-state index in [1.54, 1.807) is 0 Å². The SMILES string of the molecule is CCCOC(=O)C(N)C(=O)OC. The molecule has 0 aliphatic heterocycles. The van der Waals surface area contributed by atoms with Gasteiger partial charge in [-0.05, 0) is 6.42 Å². The minimum Gasteiger partial charge on any atom is -0.467 e. The molecular formula is C7H13NO4. The van der Waals surface area contributed by atoms with Gasteiger partial charge in [0.1, 0.15) is 0 Å². The summed E-state index contributed by atoms with van der Waals surface area (Å²) in [6.07, 6.45) is 0.694. The van der Waals surface area contributed by atoms with Gasteiger partial charge < -0.3 is 15.2 Å². The van der Waals surface area contributed by atoms with E-state index >= 15 is 0 Å². The van der Waals surface area contributed by atoms with Gasteiger partial charge in [0.05, 0.1) is 13.7 Å². The van der Waals surface area contributed by atoms with Crippen LogP contribution in [0.15, 0.2) is 0 Å². The molecule has 0 heterocycles. The number of carbonyl (C=O) groups is 2. The fourth-order valence-corrected chi connectivity index (χ4v) is 0.516. The number of hydrogen-bond donors (Lipinski definition) is 1. The Morgan fingerprint density at radius 1 is 1.42 bits per heavy atom. The van der Waals surface area contributed by atoms with Crippen LogP contribution in [-0.2, 0) is 19.1 Å². The van der Waals surface area contributed by atoms with E-state index in [-0.39, 0.29) is 6.61 Å². The molecule has 0 aliphatic carbocycles. The molecule has 0 fully saturated rings. The minimum absolute atomic E-state index is 0.267. The maximum absolute atomic E-state index is 10.9. The normalized spacial score (nSPS) is 11.9. The van der Waals surface area contributed by atoms with Crippen LogP contribution in [0.1, 0.15) is 13.3 Å². The summed E-state index contributed by atoms with van der Waals surface area (Å²) in [5, 5.41) is 0. The highest BCUT2D eigenvalue weighted by Crippen LogP contribution is 1.90. The number of hydrogen-bond acceptors (Lipinski definition) is 5. The molecule has 1 atom stereocenters. The van der Waals surface area contributed by atoms with Crippen molar-refractivity contribution in [1.29, 1.82) is 0 Å². The first-order valence-electron chi connectivity index (χ1n) is 3.63. The summed E-state index contributed by atoms with van der Waals surface area (Å²) in [5.74, 6) is -1.53. The lowest BCUT2D eigenvalue weighted by atomic mass is 10.3. The lowest BCUT2D eigenvalue weighted by Crippen LogP contribution is -2.40. The van der Waals surface area contributed by atoms with Gasteiger partial charge in [-0.1, -0.05) is 6.92 Å². The van der Waals surface area contributed by atoms with Crippen molar-refractivity contribution in [2.24, 2.45) is 5.73 Å². The van der Waals surface area contributed by atoms with Crippen LogP contribution in [0.2, 0.25) is 0 Å². The van der Waals surface area contributed by atoms with Crippen LogP contribution >= 0.6 is 0 Å². The van der Waals surface area contributed by atoms with Gasteiger partial charge in [0.25, 0.3) is 0 Å². The lowest BCUT2D eigenvalue weighted by molar-refractivity contribution is -0.155. The first-order valence-corrected chi connectivity index (χ1v) is 3.63. The van der Waals surface area contributed by atoms with Crippen molar-refractivity contribution in [1.82, 2.24) is 0 Å². The molecule has 0 aromatic carbocycles. The van der Waals surface area contributed by atoms with Crippen molar-refractivity contribution in [3.05, 3.63) is 0 Å². The third-order valence-electron chi connectivity index (χ3n) is 1.16. The quantitative estimate of drug-likeness (QED) is 0.457. The van der Waals surface area contributed by atoms with Crippen molar-refractivity contribution in [2.75, 3.05) is 13.7 Å². The van der Waals surface area contributed by atoms with Crippen molar-refractivity contribution in [3.63, 3.8) is 0 Å². The summed E-state index contributed by atoms with van der Waals surface area (Å²) in [6, 6.07) is -1.32. The summed E-state index contributed by atoms with van der Waals surface area (Å²) in [7, 11) is 1.16. The van der Waals surface area contributed by atoms with Crippen LogP contribution in [-0.4, -0.2) is 31.7 Å². The largest absolute Gasteiger partial charge is 0.467 e. The van der Waals surface area contributed by atoms with Crippen LogP contribution < -0.4 is 5.73 Å². The Morgan fingerprint density at radius 3 is 2.42 bits per heavy atom. The molecule has 5 heteroatoms. The molecule has 70 valence electrons. The van der Waals surface area contributed by atoms with Crippen molar-refractivity contribution < 1.29 is 19.1 Å². The standard InChI is InChI=1S/C7H13NO4/c1-3-4-12-7(10)5(8)6(9)11-2/h5H,3-4,8H2,1-2H3. The van der Waals surface area contributed by atoms with Crippen molar-refractivity contribution in [2.45, 2.75) is 19.4 Å². The molecule has 0 aromatic rings. The second-order valence-electron chi connectivity index (χ2n) is 2.17. The molecule has 5 nitrogen and oxygen atoms in total. The third kappa shape index (κ3) is 3.34. The van der Waals surface area contributed by atoms with Gasteiger partial charge in [-0.25, -0.2) is 9.59 Å². The van der Waals surface area contributed by atoms with Gasteiger partial charge in [-0.3, -0.25) is 0 Å². The first kappa shape index (κ1) is 10.9. The van der Waals surface area contributed by atoms with E-state index in [9.17, 15) is 9.59 Å². The molecule has 0 saturated heterocycles. The number of methoxy groups -OCH3 is 1. The van der Waals surface area contributed by atoms with Gasteiger partial charge in [0.2, 0.25) is 6.04 Å².